The number of nitrogens with one attached hydrogen (secondary N) is 1. The van der Waals surface area contributed by atoms with Gasteiger partial charge in [0.1, 0.15) is 0 Å². The Morgan fingerprint density at radius 2 is 2.21 bits per heavy atom. The number of hydrogen-bond acceptors (Lipinski definition) is 4. The molecule has 0 fully saturated rings. The van der Waals surface area contributed by atoms with Gasteiger partial charge in [-0.05, 0) is 44.9 Å². The highest BCUT2D eigenvalue weighted by Crippen LogP contribution is 2.22. The van der Waals surface area contributed by atoms with E-state index in [-0.39, 0.29) is 11.9 Å². The average molecular weight is 283 g/mol. The Labute approximate surface area is 120 Å². The van der Waals surface area contributed by atoms with Gasteiger partial charge in [0.05, 0.1) is 6.04 Å². The third-order valence-corrected chi connectivity index (χ3v) is 4.07. The summed E-state index contributed by atoms with van der Waals surface area (Å²) in [5.74, 6) is 0.139. The maximum Gasteiger partial charge on any atom is 0.220 e. The fourth-order valence-corrected chi connectivity index (χ4v) is 2.85. The Balaban J connectivity index is 2.30. The summed E-state index contributed by atoms with van der Waals surface area (Å²) in [6.07, 6.45) is 3.56. The maximum absolute atomic E-state index is 11.7. The van der Waals surface area contributed by atoms with E-state index in [1.165, 1.54) is 4.88 Å². The monoisotopic (exact) mass is 283 g/mol. The number of amides is 1. The number of nitrogens with two attached hydrogens (primary N) is 1. The molecule has 0 radical (unpaired) electrons. The first-order valence-corrected chi connectivity index (χ1v) is 7.69. The number of likely N-dealkylation sites (N-methyl/N-ethyl adjacent to an activating group) is 1. The van der Waals surface area contributed by atoms with Gasteiger partial charge >= 0.3 is 0 Å². The molecule has 0 aromatic carbocycles. The molecule has 1 atom stereocenters. The van der Waals surface area contributed by atoms with E-state index in [1.54, 1.807) is 11.3 Å². The van der Waals surface area contributed by atoms with Crippen LogP contribution in [0.2, 0.25) is 0 Å². The molecule has 0 aliphatic carbocycles. The summed E-state index contributed by atoms with van der Waals surface area (Å²) in [7, 11) is 4.08. The van der Waals surface area contributed by atoms with Crippen molar-refractivity contribution in [3.05, 3.63) is 22.4 Å². The zero-order valence-electron chi connectivity index (χ0n) is 11.9. The van der Waals surface area contributed by atoms with Gasteiger partial charge in [0.15, 0.2) is 0 Å². The van der Waals surface area contributed by atoms with Gasteiger partial charge < -0.3 is 16.0 Å². The van der Waals surface area contributed by atoms with Crippen molar-refractivity contribution < 1.29 is 4.79 Å². The van der Waals surface area contributed by atoms with Crippen LogP contribution in [0.5, 0.6) is 0 Å². The smallest absolute Gasteiger partial charge is 0.220 e. The lowest BCUT2D eigenvalue weighted by molar-refractivity contribution is -0.121. The Morgan fingerprint density at radius 3 is 2.79 bits per heavy atom. The van der Waals surface area contributed by atoms with Gasteiger partial charge in [0, 0.05) is 17.8 Å². The first kappa shape index (κ1) is 16.1. The van der Waals surface area contributed by atoms with E-state index in [2.05, 4.69) is 21.7 Å². The molecule has 0 aliphatic rings. The maximum atomic E-state index is 11.7. The van der Waals surface area contributed by atoms with Gasteiger partial charge in [0.25, 0.3) is 0 Å². The predicted molar refractivity (Wildman–Crippen MR) is 81.3 cm³/mol. The predicted octanol–water partition coefficient (Wildman–Crippen LogP) is 1.99. The van der Waals surface area contributed by atoms with E-state index in [1.807, 2.05) is 20.2 Å². The topological polar surface area (TPSA) is 58.4 Å². The van der Waals surface area contributed by atoms with Gasteiger partial charge in [-0.2, -0.15) is 0 Å². The summed E-state index contributed by atoms with van der Waals surface area (Å²) in [6.45, 7) is 1.38. The van der Waals surface area contributed by atoms with Crippen LogP contribution in [0.4, 0.5) is 0 Å². The lowest BCUT2D eigenvalue weighted by Crippen LogP contribution is -2.34. The van der Waals surface area contributed by atoms with Crippen LogP contribution in [-0.2, 0) is 4.79 Å². The van der Waals surface area contributed by atoms with E-state index in [9.17, 15) is 4.79 Å². The number of carbonyl (C=O) groups is 1. The summed E-state index contributed by atoms with van der Waals surface area (Å²) in [5.41, 5.74) is 5.43. The van der Waals surface area contributed by atoms with Gasteiger partial charge in [-0.3, -0.25) is 4.79 Å². The molecule has 1 amide bonds. The fourth-order valence-electron chi connectivity index (χ4n) is 1.92. The molecule has 1 aromatic heterocycles. The van der Waals surface area contributed by atoms with Crippen LogP contribution in [0.3, 0.4) is 0 Å². The summed E-state index contributed by atoms with van der Waals surface area (Å²) in [5, 5.41) is 5.09. The molecule has 1 unspecified atom stereocenters. The highest BCUT2D eigenvalue weighted by atomic mass is 32.1. The van der Waals surface area contributed by atoms with Gasteiger partial charge in [-0.1, -0.05) is 12.5 Å². The third-order valence-electron chi connectivity index (χ3n) is 3.10. The van der Waals surface area contributed by atoms with Crippen LogP contribution >= 0.6 is 11.3 Å². The van der Waals surface area contributed by atoms with E-state index in [0.717, 1.165) is 19.3 Å². The van der Waals surface area contributed by atoms with Gasteiger partial charge in [0.2, 0.25) is 5.91 Å². The molecular weight excluding hydrogens is 258 g/mol. The van der Waals surface area contributed by atoms with Crippen molar-refractivity contribution in [3.63, 3.8) is 0 Å². The van der Waals surface area contributed by atoms with Crippen molar-refractivity contribution in [2.24, 2.45) is 5.73 Å². The van der Waals surface area contributed by atoms with Crippen molar-refractivity contribution in [2.75, 3.05) is 27.2 Å². The van der Waals surface area contributed by atoms with Crippen LogP contribution < -0.4 is 11.1 Å². The van der Waals surface area contributed by atoms with E-state index >= 15 is 0 Å². The minimum Gasteiger partial charge on any atom is -0.354 e. The normalized spacial score (nSPS) is 12.6. The number of rotatable bonds is 9. The van der Waals surface area contributed by atoms with Crippen LogP contribution in [0.15, 0.2) is 17.5 Å². The summed E-state index contributed by atoms with van der Waals surface area (Å²) in [6, 6.07) is 4.42. The first-order chi connectivity index (χ1) is 9.15. The molecule has 19 heavy (non-hydrogen) atoms. The number of nitrogens with zero attached hydrogens (tertiary/aromatic N) is 1. The zero-order chi connectivity index (χ0) is 14.1. The number of thiophene rings is 1. The van der Waals surface area contributed by atoms with Crippen LogP contribution in [0.25, 0.3) is 0 Å². The van der Waals surface area contributed by atoms with Crippen molar-refractivity contribution >= 4 is 17.2 Å². The fraction of sp³-hybridized carbons (Fsp3) is 0.643. The molecule has 1 rings (SSSR count). The molecule has 5 heteroatoms. The van der Waals surface area contributed by atoms with Crippen molar-refractivity contribution in [1.29, 1.82) is 0 Å². The highest BCUT2D eigenvalue weighted by Gasteiger charge is 2.15. The largest absolute Gasteiger partial charge is 0.354 e. The molecule has 4 nitrogen and oxygen atoms in total. The molecule has 1 heterocycles. The molecule has 0 saturated carbocycles. The van der Waals surface area contributed by atoms with Crippen LogP contribution in [0.1, 0.15) is 36.6 Å². The lowest BCUT2D eigenvalue weighted by atomic mass is 10.1. The highest BCUT2D eigenvalue weighted by molar-refractivity contribution is 7.10. The molecule has 108 valence electrons. The summed E-state index contributed by atoms with van der Waals surface area (Å²) >= 11 is 1.73. The average Bonchev–Trinajstić information content (AvgIpc) is 2.88. The second-order valence-corrected chi connectivity index (χ2v) is 5.88. The molecule has 0 bridgehead atoms. The quantitative estimate of drug-likeness (QED) is 0.681. The van der Waals surface area contributed by atoms with Crippen LogP contribution in [0, 0.1) is 0 Å². The summed E-state index contributed by atoms with van der Waals surface area (Å²) < 4.78 is 0. The Bertz CT molecular complexity index is 352. The van der Waals surface area contributed by atoms with Gasteiger partial charge in [-0.15, -0.1) is 11.3 Å². The third kappa shape index (κ3) is 6.18. The van der Waals surface area contributed by atoms with E-state index in [0.29, 0.717) is 19.5 Å². The SMILES string of the molecule is CN(C)C(CNC(=O)CCCCCN)c1cccs1. The molecular formula is C14H25N3OS. The van der Waals surface area contributed by atoms with Crippen LogP contribution in [-0.4, -0.2) is 38.0 Å². The number of unbranched alkanes of at least 4 members (excludes halogenated alkanes) is 2. The number of hydrogen-bond donors (Lipinski definition) is 2. The van der Waals surface area contributed by atoms with Crippen molar-refractivity contribution in [2.45, 2.75) is 31.7 Å². The molecule has 0 spiro atoms. The molecule has 3 N–H and O–H groups in total. The van der Waals surface area contributed by atoms with E-state index in [4.69, 9.17) is 5.73 Å². The first-order valence-electron chi connectivity index (χ1n) is 6.81. The van der Waals surface area contributed by atoms with Crippen molar-refractivity contribution in [1.82, 2.24) is 10.2 Å². The Kier molecular flexibility index (Phi) is 7.70. The van der Waals surface area contributed by atoms with Gasteiger partial charge in [-0.25, -0.2) is 0 Å². The second kappa shape index (κ2) is 9.07. The second-order valence-electron chi connectivity index (χ2n) is 4.90. The molecule has 0 saturated heterocycles. The Morgan fingerprint density at radius 1 is 1.42 bits per heavy atom. The zero-order valence-corrected chi connectivity index (χ0v) is 12.7. The van der Waals surface area contributed by atoms with Crippen molar-refractivity contribution in [3.8, 4) is 0 Å². The van der Waals surface area contributed by atoms with E-state index < -0.39 is 0 Å². The lowest BCUT2D eigenvalue weighted by Gasteiger charge is -2.23. The summed E-state index contributed by atoms with van der Waals surface area (Å²) in [4.78, 5) is 15.2. The standard InChI is InChI=1S/C14H25N3OS/c1-17(2)12(13-7-6-10-19-13)11-16-14(18)8-4-3-5-9-15/h6-7,10,12H,3-5,8-9,11,15H2,1-2H3,(H,16,18). The minimum absolute atomic E-state index is 0.139. The molecule has 0 aliphatic heterocycles. The number of carbonyl (C=O) groups excluding carboxylic acids is 1. The molecule has 1 aromatic rings. The Hall–Kier alpha value is -0.910. The minimum atomic E-state index is 0.139.